The summed E-state index contributed by atoms with van der Waals surface area (Å²) in [6.07, 6.45) is 1.32. The maximum absolute atomic E-state index is 13.2. The molecule has 0 radical (unpaired) electrons. The van der Waals surface area contributed by atoms with Crippen LogP contribution in [0.1, 0.15) is 16.7 Å². The first kappa shape index (κ1) is 25.6. The zero-order chi connectivity index (χ0) is 26.0. The van der Waals surface area contributed by atoms with Crippen molar-refractivity contribution in [3.8, 4) is 11.5 Å². The van der Waals surface area contributed by atoms with Crippen LogP contribution in [0, 0.1) is 6.92 Å². The highest BCUT2D eigenvalue weighted by Crippen LogP contribution is 2.38. The molecule has 0 aliphatic carbocycles. The Bertz CT molecular complexity index is 1420. The zero-order valence-corrected chi connectivity index (χ0v) is 21.4. The van der Waals surface area contributed by atoms with Gasteiger partial charge >= 0.3 is 6.03 Å². The summed E-state index contributed by atoms with van der Waals surface area (Å²) in [5.41, 5.74) is 1.77. The molecule has 1 saturated heterocycles. The Balaban J connectivity index is 1.67. The lowest BCUT2D eigenvalue weighted by molar-refractivity contribution is -0.122. The Hall–Kier alpha value is -3.52. The number of hydrogen-bond acceptors (Lipinski definition) is 5. The van der Waals surface area contributed by atoms with E-state index in [1.165, 1.54) is 25.3 Å². The van der Waals surface area contributed by atoms with Crippen LogP contribution in [0.15, 0.2) is 60.2 Å². The quantitative estimate of drug-likeness (QED) is 0.294. The number of urea groups is 1. The van der Waals surface area contributed by atoms with Crippen molar-refractivity contribution >= 4 is 64.4 Å². The van der Waals surface area contributed by atoms with Gasteiger partial charge in [0.1, 0.15) is 12.2 Å². The molecule has 1 fully saturated rings. The molecule has 0 aromatic heterocycles. The number of nitrogens with zero attached hydrogens (tertiary/aromatic N) is 1. The molecule has 10 heteroatoms. The summed E-state index contributed by atoms with van der Waals surface area (Å²) in [6.45, 7) is 1.87. The highest BCUT2D eigenvalue weighted by Gasteiger charge is 2.37. The molecule has 0 saturated carbocycles. The van der Waals surface area contributed by atoms with E-state index in [2.05, 4.69) is 5.32 Å². The lowest BCUT2D eigenvalue weighted by Gasteiger charge is -2.27. The van der Waals surface area contributed by atoms with Gasteiger partial charge in [-0.2, -0.15) is 0 Å². The number of aryl methyl sites for hydroxylation is 1. The summed E-state index contributed by atoms with van der Waals surface area (Å²) >= 11 is 18.7. The maximum Gasteiger partial charge on any atom is 0.335 e. The Kier molecular flexibility index (Phi) is 7.54. The van der Waals surface area contributed by atoms with E-state index in [1.807, 2.05) is 18.2 Å². The zero-order valence-electron chi connectivity index (χ0n) is 19.1. The van der Waals surface area contributed by atoms with Gasteiger partial charge in [-0.1, -0.05) is 59.1 Å². The Morgan fingerprint density at radius 3 is 2.44 bits per heavy atom. The number of barbiturate groups is 1. The molecule has 1 heterocycles. The minimum Gasteiger partial charge on any atom is -0.493 e. The normalized spacial score (nSPS) is 14.8. The molecule has 0 atom stereocenters. The average Bonchev–Trinajstić information content (AvgIpc) is 2.83. The van der Waals surface area contributed by atoms with Gasteiger partial charge in [-0.05, 0) is 54.5 Å². The van der Waals surface area contributed by atoms with E-state index < -0.39 is 17.8 Å². The number of ether oxygens (including phenoxy) is 2. The first-order chi connectivity index (χ1) is 17.2. The Labute approximate surface area is 222 Å². The number of benzene rings is 3. The lowest BCUT2D eigenvalue weighted by Crippen LogP contribution is -2.54. The highest BCUT2D eigenvalue weighted by molar-refractivity contribution is 6.40. The van der Waals surface area contributed by atoms with Crippen molar-refractivity contribution < 1.29 is 23.9 Å². The summed E-state index contributed by atoms with van der Waals surface area (Å²) in [7, 11) is 1.44. The van der Waals surface area contributed by atoms with Gasteiger partial charge in [-0.3, -0.25) is 14.9 Å². The molecule has 184 valence electrons. The van der Waals surface area contributed by atoms with Gasteiger partial charge in [0.15, 0.2) is 11.5 Å². The van der Waals surface area contributed by atoms with Crippen LogP contribution < -0.4 is 19.7 Å². The van der Waals surface area contributed by atoms with Gasteiger partial charge in [0.2, 0.25) is 0 Å². The van der Waals surface area contributed by atoms with Gasteiger partial charge in [0.05, 0.1) is 17.8 Å². The number of rotatable bonds is 6. The number of hydrogen-bond donors (Lipinski definition) is 1. The van der Waals surface area contributed by atoms with Crippen molar-refractivity contribution in [2.24, 2.45) is 0 Å². The van der Waals surface area contributed by atoms with Gasteiger partial charge in [-0.15, -0.1) is 0 Å². The second kappa shape index (κ2) is 10.6. The van der Waals surface area contributed by atoms with Crippen molar-refractivity contribution in [1.82, 2.24) is 5.32 Å². The van der Waals surface area contributed by atoms with E-state index >= 15 is 0 Å². The molecule has 0 unspecified atom stereocenters. The average molecular weight is 546 g/mol. The molecular formula is C26H19Cl3N2O5. The largest absolute Gasteiger partial charge is 0.493 e. The molecule has 4 amide bonds. The molecule has 36 heavy (non-hydrogen) atoms. The predicted molar refractivity (Wildman–Crippen MR) is 139 cm³/mol. The minimum absolute atomic E-state index is 0.146. The Morgan fingerprint density at radius 1 is 0.972 bits per heavy atom. The highest BCUT2D eigenvalue weighted by atomic mass is 35.5. The van der Waals surface area contributed by atoms with Gasteiger partial charge in [-0.25, -0.2) is 9.69 Å². The lowest BCUT2D eigenvalue weighted by atomic mass is 10.1. The van der Waals surface area contributed by atoms with Gasteiger partial charge < -0.3 is 9.47 Å². The molecule has 1 aliphatic rings. The molecule has 3 aromatic rings. The summed E-state index contributed by atoms with van der Waals surface area (Å²) < 4.78 is 11.3. The second-order valence-corrected chi connectivity index (χ2v) is 9.05. The monoisotopic (exact) mass is 544 g/mol. The third-order valence-corrected chi connectivity index (χ3v) is 6.29. The molecule has 3 aromatic carbocycles. The van der Waals surface area contributed by atoms with Crippen LogP contribution in [0.3, 0.4) is 0 Å². The third kappa shape index (κ3) is 5.18. The number of halogens is 3. The standard InChI is InChI=1S/C26H19Cl3N2O5/c1-14-7-8-17(27)12-21(14)31-25(33)18(24(32)30-26(31)34)9-15-10-20(29)23(22(11-15)35-2)36-13-16-5-3-4-6-19(16)28/h3-12H,13H2,1-2H3,(H,30,32,34)/b18-9+. The van der Waals surface area contributed by atoms with E-state index in [9.17, 15) is 14.4 Å². The van der Waals surface area contributed by atoms with Crippen LogP contribution in [0.4, 0.5) is 10.5 Å². The van der Waals surface area contributed by atoms with Gasteiger partial charge in [0.25, 0.3) is 11.8 Å². The molecule has 1 aliphatic heterocycles. The van der Waals surface area contributed by atoms with Crippen LogP contribution in [0.25, 0.3) is 6.08 Å². The number of methoxy groups -OCH3 is 1. The SMILES string of the molecule is COc1cc(/C=C2\C(=O)NC(=O)N(c3cc(Cl)ccc3C)C2=O)cc(Cl)c1OCc1ccccc1Cl. The fourth-order valence-electron chi connectivity index (χ4n) is 3.59. The van der Waals surface area contributed by atoms with Crippen molar-refractivity contribution in [3.05, 3.63) is 91.9 Å². The number of anilines is 1. The molecule has 0 bridgehead atoms. The molecule has 1 N–H and O–H groups in total. The van der Waals surface area contributed by atoms with E-state index in [0.29, 0.717) is 21.2 Å². The number of imide groups is 2. The minimum atomic E-state index is -0.869. The number of amides is 4. The van der Waals surface area contributed by atoms with Crippen molar-refractivity contribution in [2.75, 3.05) is 12.0 Å². The fourth-order valence-corrected chi connectivity index (χ4v) is 4.23. The summed E-state index contributed by atoms with van der Waals surface area (Å²) in [4.78, 5) is 39.2. The van der Waals surface area contributed by atoms with Crippen LogP contribution in [-0.4, -0.2) is 25.0 Å². The van der Waals surface area contributed by atoms with Crippen LogP contribution >= 0.6 is 34.8 Å². The Morgan fingerprint density at radius 2 is 1.72 bits per heavy atom. The number of carbonyl (C=O) groups is 3. The predicted octanol–water partition coefficient (Wildman–Crippen LogP) is 6.21. The summed E-state index contributed by atoms with van der Waals surface area (Å²) in [5.74, 6) is -1.09. The number of carbonyl (C=O) groups excluding carboxylic acids is 3. The maximum atomic E-state index is 13.2. The van der Waals surface area contributed by atoms with Crippen molar-refractivity contribution in [1.29, 1.82) is 0 Å². The van der Waals surface area contributed by atoms with Crippen molar-refractivity contribution in [3.63, 3.8) is 0 Å². The van der Waals surface area contributed by atoms with Crippen LogP contribution in [0.5, 0.6) is 11.5 Å². The van der Waals surface area contributed by atoms with Crippen LogP contribution in [0.2, 0.25) is 15.1 Å². The van der Waals surface area contributed by atoms with Crippen LogP contribution in [-0.2, 0) is 16.2 Å². The topological polar surface area (TPSA) is 84.9 Å². The molecule has 4 rings (SSSR count). The molecular weight excluding hydrogens is 527 g/mol. The smallest absolute Gasteiger partial charge is 0.335 e. The third-order valence-electron chi connectivity index (χ3n) is 5.41. The summed E-state index contributed by atoms with van der Waals surface area (Å²) in [5, 5.41) is 3.26. The van der Waals surface area contributed by atoms with E-state index in [0.717, 1.165) is 10.5 Å². The van der Waals surface area contributed by atoms with E-state index in [-0.39, 0.29) is 34.4 Å². The second-order valence-electron chi connectivity index (χ2n) is 7.80. The summed E-state index contributed by atoms with van der Waals surface area (Å²) in [6, 6.07) is 14.2. The number of nitrogens with one attached hydrogen (secondary N) is 1. The molecule has 0 spiro atoms. The molecule has 7 nitrogen and oxygen atoms in total. The van der Waals surface area contributed by atoms with E-state index in [4.69, 9.17) is 44.3 Å². The fraction of sp³-hybridized carbons (Fsp3) is 0.115. The van der Waals surface area contributed by atoms with Crippen molar-refractivity contribution in [2.45, 2.75) is 13.5 Å². The van der Waals surface area contributed by atoms with E-state index in [1.54, 1.807) is 31.2 Å². The first-order valence-corrected chi connectivity index (χ1v) is 11.7. The first-order valence-electron chi connectivity index (χ1n) is 10.6. The van der Waals surface area contributed by atoms with Gasteiger partial charge in [0, 0.05) is 15.6 Å².